The predicted octanol–water partition coefficient (Wildman–Crippen LogP) is 7.44. The number of carbonyl (C=O) groups is 2. The van der Waals surface area contributed by atoms with E-state index in [9.17, 15) is 9.59 Å². The Balaban J connectivity index is 1.19. The number of hydrogen-bond acceptors (Lipinski definition) is 6. The van der Waals surface area contributed by atoms with Gasteiger partial charge in [0.2, 0.25) is 0 Å². The second-order valence-electron chi connectivity index (χ2n) is 9.55. The van der Waals surface area contributed by atoms with Crippen molar-refractivity contribution >= 4 is 55.2 Å². The van der Waals surface area contributed by atoms with Crippen molar-refractivity contribution in [3.8, 4) is 0 Å². The summed E-state index contributed by atoms with van der Waals surface area (Å²) in [4.78, 5) is 37.1. The second-order valence-corrected chi connectivity index (χ2v) is 11.8. The van der Waals surface area contributed by atoms with E-state index in [1.807, 2.05) is 109 Å². The molecule has 2 heterocycles. The lowest BCUT2D eigenvalue weighted by Gasteiger charge is -2.10. The summed E-state index contributed by atoms with van der Waals surface area (Å²) in [5.41, 5.74) is 4.32. The van der Waals surface area contributed by atoms with Crippen molar-refractivity contribution in [2.24, 2.45) is 0 Å². The lowest BCUT2D eigenvalue weighted by molar-refractivity contribution is 0.0938. The number of carbonyl (C=O) groups excluding carboxylic acids is 2. The van der Waals surface area contributed by atoms with E-state index in [-0.39, 0.29) is 11.8 Å². The van der Waals surface area contributed by atoms with Crippen molar-refractivity contribution in [2.45, 2.75) is 22.9 Å². The first-order valence-corrected chi connectivity index (χ1v) is 15.6. The van der Waals surface area contributed by atoms with Crippen LogP contribution in [0.3, 0.4) is 0 Å². The molecule has 0 atom stereocenters. The van der Waals surface area contributed by atoms with Crippen LogP contribution in [-0.2, 0) is 13.1 Å². The third-order valence-corrected chi connectivity index (χ3v) is 9.07. The maximum absolute atomic E-state index is 12.9. The Morgan fingerprint density at radius 3 is 1.36 bits per heavy atom. The predicted molar refractivity (Wildman–Crippen MR) is 170 cm³/mol. The lowest BCUT2D eigenvalue weighted by Crippen LogP contribution is -2.23. The van der Waals surface area contributed by atoms with Gasteiger partial charge in [-0.25, -0.2) is 9.97 Å². The minimum atomic E-state index is -0.218. The van der Waals surface area contributed by atoms with Crippen LogP contribution in [0, 0.1) is 0 Å². The van der Waals surface area contributed by atoms with Gasteiger partial charge in [-0.1, -0.05) is 119 Å². The van der Waals surface area contributed by atoms with E-state index >= 15 is 0 Å². The van der Waals surface area contributed by atoms with Crippen LogP contribution in [-0.4, -0.2) is 21.8 Å². The highest BCUT2D eigenvalue weighted by molar-refractivity contribution is 8.76. The Morgan fingerprint density at radius 2 is 0.929 bits per heavy atom. The van der Waals surface area contributed by atoms with Crippen LogP contribution in [0.25, 0.3) is 21.8 Å². The SMILES string of the molecule is O=C(NCc1ccccc1)c1ccc2cccc(SSc3cccc4ccc(C(=O)NCc5ccccc5)nc34)c2n1. The minimum Gasteiger partial charge on any atom is -0.347 e. The fourth-order valence-corrected chi connectivity index (χ4v) is 6.73. The zero-order chi connectivity index (χ0) is 28.7. The molecule has 0 saturated heterocycles. The van der Waals surface area contributed by atoms with Crippen LogP contribution in [0.1, 0.15) is 32.1 Å². The molecule has 0 aliphatic rings. The Hall–Kier alpha value is -4.66. The molecule has 4 aromatic carbocycles. The minimum absolute atomic E-state index is 0.218. The van der Waals surface area contributed by atoms with Gasteiger partial charge in [-0.2, -0.15) is 0 Å². The van der Waals surface area contributed by atoms with E-state index in [2.05, 4.69) is 10.6 Å². The molecule has 0 aliphatic heterocycles. The summed E-state index contributed by atoms with van der Waals surface area (Å²) < 4.78 is 0. The van der Waals surface area contributed by atoms with Gasteiger partial charge in [-0.15, -0.1) is 0 Å². The van der Waals surface area contributed by atoms with Crippen LogP contribution in [0.4, 0.5) is 0 Å². The molecular weight excluding hydrogens is 561 g/mol. The maximum Gasteiger partial charge on any atom is 0.270 e. The third-order valence-electron chi connectivity index (χ3n) is 6.64. The quantitative estimate of drug-likeness (QED) is 0.171. The number of nitrogens with one attached hydrogen (secondary N) is 2. The molecule has 0 saturated carbocycles. The van der Waals surface area contributed by atoms with Crippen LogP contribution in [0.5, 0.6) is 0 Å². The molecule has 6 nitrogen and oxygen atoms in total. The molecule has 0 unspecified atom stereocenters. The van der Waals surface area contributed by atoms with E-state index in [0.29, 0.717) is 24.5 Å². The number of fused-ring (bicyclic) bond motifs is 2. The van der Waals surface area contributed by atoms with Gasteiger partial charge >= 0.3 is 0 Å². The van der Waals surface area contributed by atoms with Crippen molar-refractivity contribution in [3.63, 3.8) is 0 Å². The molecule has 6 aromatic rings. The van der Waals surface area contributed by atoms with Crippen LogP contribution >= 0.6 is 21.6 Å². The molecule has 6 rings (SSSR count). The monoisotopic (exact) mass is 586 g/mol. The van der Waals surface area contributed by atoms with Gasteiger partial charge in [0.05, 0.1) is 11.0 Å². The van der Waals surface area contributed by atoms with Crippen molar-refractivity contribution < 1.29 is 9.59 Å². The highest BCUT2D eigenvalue weighted by Gasteiger charge is 2.14. The Labute approximate surface area is 251 Å². The van der Waals surface area contributed by atoms with Gasteiger partial charge in [-0.3, -0.25) is 9.59 Å². The first-order valence-electron chi connectivity index (χ1n) is 13.4. The zero-order valence-electron chi connectivity index (χ0n) is 22.5. The van der Waals surface area contributed by atoms with Gasteiger partial charge in [0.25, 0.3) is 11.8 Å². The Morgan fingerprint density at radius 1 is 0.500 bits per heavy atom. The fraction of sp³-hybridized carbons (Fsp3) is 0.0588. The summed E-state index contributed by atoms with van der Waals surface area (Å²) >= 11 is 0. The van der Waals surface area contributed by atoms with Gasteiger partial charge in [0.1, 0.15) is 11.4 Å². The molecule has 0 radical (unpaired) electrons. The number of hydrogen-bond donors (Lipinski definition) is 2. The van der Waals surface area contributed by atoms with Crippen LogP contribution < -0.4 is 10.6 Å². The molecule has 2 aromatic heterocycles. The molecule has 206 valence electrons. The second kappa shape index (κ2) is 12.9. The zero-order valence-corrected chi connectivity index (χ0v) is 24.1. The molecule has 0 aliphatic carbocycles. The number of amides is 2. The van der Waals surface area contributed by atoms with Crippen molar-refractivity contribution in [1.82, 2.24) is 20.6 Å². The average molecular weight is 587 g/mol. The number of benzene rings is 4. The largest absolute Gasteiger partial charge is 0.347 e. The van der Waals surface area contributed by atoms with E-state index in [4.69, 9.17) is 9.97 Å². The summed E-state index contributed by atoms with van der Waals surface area (Å²) in [5.74, 6) is -0.436. The van der Waals surface area contributed by atoms with Crippen LogP contribution in [0.2, 0.25) is 0 Å². The summed E-state index contributed by atoms with van der Waals surface area (Å²) in [6.07, 6.45) is 0. The molecule has 2 N–H and O–H groups in total. The van der Waals surface area contributed by atoms with Gasteiger partial charge in [-0.05, 0) is 35.4 Å². The van der Waals surface area contributed by atoms with Gasteiger partial charge in [0, 0.05) is 33.7 Å². The van der Waals surface area contributed by atoms with Gasteiger partial charge in [0.15, 0.2) is 0 Å². The fourth-order valence-electron chi connectivity index (χ4n) is 4.45. The van der Waals surface area contributed by atoms with Crippen molar-refractivity contribution in [2.75, 3.05) is 0 Å². The summed E-state index contributed by atoms with van der Waals surface area (Å²) in [6, 6.07) is 38.9. The molecule has 42 heavy (non-hydrogen) atoms. The molecule has 0 fully saturated rings. The normalized spacial score (nSPS) is 11.0. The van der Waals surface area contributed by atoms with E-state index in [0.717, 1.165) is 42.7 Å². The molecular formula is C34H26N4O2S2. The molecule has 8 heteroatoms. The Bertz CT molecular complexity index is 1740. The standard InChI is InChI=1S/C34H26N4O2S2/c39-33(35-21-23-9-3-1-4-10-23)27-19-17-25-13-7-15-29(31(25)37-27)41-42-30-16-8-14-26-18-20-28(38-32(26)30)34(40)36-22-24-11-5-2-6-12-24/h1-20H,21-22H2,(H,35,39)(H,36,40). The number of para-hydroxylation sites is 2. The van der Waals surface area contributed by atoms with Crippen molar-refractivity contribution in [1.29, 1.82) is 0 Å². The highest BCUT2D eigenvalue weighted by atomic mass is 33.1. The first-order chi connectivity index (χ1) is 20.6. The summed E-state index contributed by atoms with van der Waals surface area (Å²) in [6.45, 7) is 0.873. The molecule has 2 amide bonds. The van der Waals surface area contributed by atoms with Crippen molar-refractivity contribution in [3.05, 3.63) is 144 Å². The van der Waals surface area contributed by atoms with Gasteiger partial charge < -0.3 is 10.6 Å². The molecule has 0 spiro atoms. The number of rotatable bonds is 9. The Kier molecular flexibility index (Phi) is 8.44. The first kappa shape index (κ1) is 27.5. The topological polar surface area (TPSA) is 84.0 Å². The maximum atomic E-state index is 12.9. The lowest BCUT2D eigenvalue weighted by atomic mass is 10.2. The number of nitrogens with zero attached hydrogens (tertiary/aromatic N) is 2. The number of aromatic nitrogens is 2. The smallest absolute Gasteiger partial charge is 0.270 e. The average Bonchev–Trinajstić information content (AvgIpc) is 3.05. The van der Waals surface area contributed by atoms with E-state index in [1.54, 1.807) is 33.7 Å². The third kappa shape index (κ3) is 6.46. The van der Waals surface area contributed by atoms with Crippen LogP contribution in [0.15, 0.2) is 131 Å². The summed E-state index contributed by atoms with van der Waals surface area (Å²) in [7, 11) is 3.10. The number of pyridine rings is 2. The van der Waals surface area contributed by atoms with E-state index in [1.165, 1.54) is 0 Å². The highest BCUT2D eigenvalue weighted by Crippen LogP contribution is 2.42. The summed E-state index contributed by atoms with van der Waals surface area (Å²) in [5, 5.41) is 7.82. The molecule has 0 bridgehead atoms. The van der Waals surface area contributed by atoms with E-state index < -0.39 is 0 Å².